The van der Waals surface area contributed by atoms with Crippen molar-refractivity contribution in [3.8, 4) is 5.75 Å². The number of hydrogen-bond acceptors (Lipinski definition) is 4. The fourth-order valence-corrected chi connectivity index (χ4v) is 2.73. The van der Waals surface area contributed by atoms with Gasteiger partial charge >= 0.3 is 0 Å². The number of guanidine groups is 1. The standard InChI is InChI=1S/C20H30N4O3/c1-7-26-15-10-8-9-14-11-16(27-17(14)15)13(2)24-19(22-6)23-12-20(3,4)18(25)21-5/h8-11,13H,7,12H2,1-6H3,(H,21,25)(H2,22,23,24). The highest BCUT2D eigenvalue weighted by Crippen LogP contribution is 2.31. The van der Waals surface area contributed by atoms with Gasteiger partial charge in [-0.1, -0.05) is 12.1 Å². The maximum Gasteiger partial charge on any atom is 0.227 e. The molecular weight excluding hydrogens is 344 g/mol. The molecule has 3 N–H and O–H groups in total. The van der Waals surface area contributed by atoms with E-state index in [-0.39, 0.29) is 11.9 Å². The van der Waals surface area contributed by atoms with Crippen molar-refractivity contribution in [1.29, 1.82) is 0 Å². The summed E-state index contributed by atoms with van der Waals surface area (Å²) in [6, 6.07) is 7.74. The molecule has 0 saturated heterocycles. The molecule has 1 aromatic carbocycles. The Morgan fingerprint density at radius 1 is 1.37 bits per heavy atom. The molecule has 0 fully saturated rings. The lowest BCUT2D eigenvalue weighted by Crippen LogP contribution is -2.47. The summed E-state index contributed by atoms with van der Waals surface area (Å²) in [6.07, 6.45) is 0. The summed E-state index contributed by atoms with van der Waals surface area (Å²) < 4.78 is 11.7. The quantitative estimate of drug-likeness (QED) is 0.512. The molecule has 0 aliphatic rings. The van der Waals surface area contributed by atoms with Gasteiger partial charge in [0, 0.05) is 26.0 Å². The fraction of sp³-hybridized carbons (Fsp3) is 0.500. The summed E-state index contributed by atoms with van der Waals surface area (Å²) in [7, 11) is 3.33. The average molecular weight is 374 g/mol. The van der Waals surface area contributed by atoms with E-state index in [1.54, 1.807) is 14.1 Å². The third-order valence-corrected chi connectivity index (χ3v) is 4.37. The number of hydrogen-bond donors (Lipinski definition) is 3. The zero-order chi connectivity index (χ0) is 20.0. The van der Waals surface area contributed by atoms with E-state index in [0.29, 0.717) is 19.1 Å². The van der Waals surface area contributed by atoms with Gasteiger partial charge < -0.3 is 25.1 Å². The Bertz CT molecular complexity index is 811. The van der Waals surface area contributed by atoms with Crippen LogP contribution < -0.4 is 20.7 Å². The lowest BCUT2D eigenvalue weighted by molar-refractivity contribution is -0.128. The highest BCUT2D eigenvalue weighted by molar-refractivity contribution is 5.85. The summed E-state index contributed by atoms with van der Waals surface area (Å²) in [5.41, 5.74) is 0.188. The topological polar surface area (TPSA) is 87.9 Å². The van der Waals surface area contributed by atoms with Crippen molar-refractivity contribution in [3.05, 3.63) is 30.0 Å². The SMILES string of the molecule is CCOc1cccc2cc(C(C)NC(=NC)NCC(C)(C)C(=O)NC)oc12. The van der Waals surface area contributed by atoms with E-state index in [4.69, 9.17) is 9.15 Å². The first-order valence-corrected chi connectivity index (χ1v) is 9.17. The van der Waals surface area contributed by atoms with Crippen LogP contribution >= 0.6 is 0 Å². The molecule has 1 unspecified atom stereocenters. The third kappa shape index (κ3) is 4.93. The highest BCUT2D eigenvalue weighted by atomic mass is 16.5. The normalized spacial score (nSPS) is 13.3. The second-order valence-corrected chi connectivity index (χ2v) is 7.01. The Hall–Kier alpha value is -2.70. The average Bonchev–Trinajstić information content (AvgIpc) is 3.10. The summed E-state index contributed by atoms with van der Waals surface area (Å²) in [5.74, 6) is 2.10. The van der Waals surface area contributed by atoms with E-state index in [2.05, 4.69) is 20.9 Å². The van der Waals surface area contributed by atoms with Crippen LogP contribution in [0.1, 0.15) is 39.5 Å². The number of fused-ring (bicyclic) bond motifs is 1. The molecule has 2 rings (SSSR count). The van der Waals surface area contributed by atoms with Crippen molar-refractivity contribution < 1.29 is 13.9 Å². The van der Waals surface area contributed by atoms with Gasteiger partial charge in [0.25, 0.3) is 0 Å². The number of amides is 1. The third-order valence-electron chi connectivity index (χ3n) is 4.37. The summed E-state index contributed by atoms with van der Waals surface area (Å²) in [6.45, 7) is 8.74. The van der Waals surface area contributed by atoms with E-state index >= 15 is 0 Å². The molecule has 0 radical (unpaired) electrons. The maximum atomic E-state index is 11.9. The first kappa shape index (κ1) is 20.6. The number of carbonyl (C=O) groups excluding carboxylic acids is 1. The van der Waals surface area contributed by atoms with Crippen LogP contribution in [0.15, 0.2) is 33.7 Å². The number of para-hydroxylation sites is 1. The molecule has 1 aromatic heterocycles. The zero-order valence-electron chi connectivity index (χ0n) is 17.0. The molecular formula is C20H30N4O3. The van der Waals surface area contributed by atoms with E-state index in [0.717, 1.165) is 22.5 Å². The number of benzene rings is 1. The molecule has 1 heterocycles. The van der Waals surface area contributed by atoms with Crippen molar-refractivity contribution in [2.45, 2.75) is 33.7 Å². The first-order valence-electron chi connectivity index (χ1n) is 9.17. The van der Waals surface area contributed by atoms with E-state index in [1.807, 2.05) is 52.0 Å². The van der Waals surface area contributed by atoms with Crippen molar-refractivity contribution in [1.82, 2.24) is 16.0 Å². The minimum absolute atomic E-state index is 0.0285. The smallest absolute Gasteiger partial charge is 0.227 e. The van der Waals surface area contributed by atoms with Crippen molar-refractivity contribution >= 4 is 22.8 Å². The minimum atomic E-state index is -0.554. The molecule has 1 atom stereocenters. The van der Waals surface area contributed by atoms with Crippen molar-refractivity contribution in [2.75, 3.05) is 27.2 Å². The van der Waals surface area contributed by atoms with Crippen LogP contribution in [-0.2, 0) is 4.79 Å². The lowest BCUT2D eigenvalue weighted by atomic mass is 9.92. The molecule has 0 spiro atoms. The van der Waals surface area contributed by atoms with Gasteiger partial charge in [0.1, 0.15) is 5.76 Å². The van der Waals surface area contributed by atoms with Crippen molar-refractivity contribution in [3.63, 3.8) is 0 Å². The maximum absolute atomic E-state index is 11.9. The number of rotatable bonds is 7. The molecule has 0 aliphatic heterocycles. The minimum Gasteiger partial charge on any atom is -0.490 e. The van der Waals surface area contributed by atoms with Gasteiger partial charge in [-0.3, -0.25) is 9.79 Å². The van der Waals surface area contributed by atoms with Crippen LogP contribution in [0.5, 0.6) is 5.75 Å². The number of ether oxygens (including phenoxy) is 1. The summed E-state index contributed by atoms with van der Waals surface area (Å²) in [4.78, 5) is 16.2. The van der Waals surface area contributed by atoms with Crippen LogP contribution in [0.25, 0.3) is 11.0 Å². The molecule has 7 nitrogen and oxygen atoms in total. The molecule has 0 aliphatic carbocycles. The van der Waals surface area contributed by atoms with Crippen LogP contribution in [0.2, 0.25) is 0 Å². The predicted octanol–water partition coefficient (Wildman–Crippen LogP) is 2.83. The van der Waals surface area contributed by atoms with Gasteiger partial charge in [-0.15, -0.1) is 0 Å². The number of nitrogens with zero attached hydrogens (tertiary/aromatic N) is 1. The Balaban J connectivity index is 2.09. The number of carbonyl (C=O) groups is 1. The second kappa shape index (κ2) is 8.79. The van der Waals surface area contributed by atoms with Gasteiger partial charge in [-0.05, 0) is 39.8 Å². The fourth-order valence-electron chi connectivity index (χ4n) is 2.73. The van der Waals surface area contributed by atoms with Crippen LogP contribution in [-0.4, -0.2) is 39.1 Å². The van der Waals surface area contributed by atoms with Crippen LogP contribution in [0, 0.1) is 5.41 Å². The molecule has 2 aromatic rings. The Labute approximate surface area is 160 Å². The molecule has 148 valence electrons. The van der Waals surface area contributed by atoms with Gasteiger partial charge in [-0.2, -0.15) is 0 Å². The Morgan fingerprint density at radius 3 is 2.74 bits per heavy atom. The van der Waals surface area contributed by atoms with Gasteiger partial charge in [0.05, 0.1) is 18.1 Å². The van der Waals surface area contributed by atoms with Crippen LogP contribution in [0.3, 0.4) is 0 Å². The highest BCUT2D eigenvalue weighted by Gasteiger charge is 2.27. The number of nitrogens with one attached hydrogen (secondary N) is 3. The van der Waals surface area contributed by atoms with E-state index in [9.17, 15) is 4.79 Å². The Morgan fingerprint density at radius 2 is 2.11 bits per heavy atom. The van der Waals surface area contributed by atoms with Crippen LogP contribution in [0.4, 0.5) is 0 Å². The van der Waals surface area contributed by atoms with E-state index < -0.39 is 5.41 Å². The molecule has 7 heteroatoms. The monoisotopic (exact) mass is 374 g/mol. The Kier molecular flexibility index (Phi) is 6.71. The summed E-state index contributed by atoms with van der Waals surface area (Å²) >= 11 is 0. The van der Waals surface area contributed by atoms with Gasteiger partial charge in [0.2, 0.25) is 5.91 Å². The van der Waals surface area contributed by atoms with Gasteiger partial charge in [-0.25, -0.2) is 0 Å². The van der Waals surface area contributed by atoms with E-state index in [1.165, 1.54) is 0 Å². The zero-order valence-corrected chi connectivity index (χ0v) is 17.0. The largest absolute Gasteiger partial charge is 0.490 e. The summed E-state index contributed by atoms with van der Waals surface area (Å²) in [5, 5.41) is 10.2. The lowest BCUT2D eigenvalue weighted by Gasteiger charge is -2.25. The molecule has 1 amide bonds. The van der Waals surface area contributed by atoms with Gasteiger partial charge in [0.15, 0.2) is 17.3 Å². The molecule has 0 saturated carbocycles. The number of furan rings is 1. The molecule has 27 heavy (non-hydrogen) atoms. The first-order chi connectivity index (χ1) is 12.8. The molecule has 0 bridgehead atoms. The predicted molar refractivity (Wildman–Crippen MR) is 108 cm³/mol. The van der Waals surface area contributed by atoms with Crippen molar-refractivity contribution in [2.24, 2.45) is 10.4 Å². The number of aliphatic imine (C=N–C) groups is 1. The second-order valence-electron chi connectivity index (χ2n) is 7.01.